The number of carbonyl (C=O) groups excluding carboxylic acids is 1. The summed E-state index contributed by atoms with van der Waals surface area (Å²) in [6.45, 7) is 6.34. The Balaban J connectivity index is 2.00. The Labute approximate surface area is 120 Å². The summed E-state index contributed by atoms with van der Waals surface area (Å²) in [4.78, 5) is 17.0. The lowest BCUT2D eigenvalue weighted by molar-refractivity contribution is -0.132. The highest BCUT2D eigenvalue weighted by Gasteiger charge is 2.34. The number of ether oxygens (including phenoxy) is 2. The Kier molecular flexibility index (Phi) is 6.34. The van der Waals surface area contributed by atoms with Gasteiger partial charge in [0.25, 0.3) is 0 Å². The molecule has 2 rings (SSSR count). The molecule has 0 aromatic carbocycles. The van der Waals surface area contributed by atoms with Crippen molar-refractivity contribution in [3.8, 4) is 0 Å². The Bertz CT molecular complexity index is 276. The van der Waals surface area contributed by atoms with Gasteiger partial charge in [-0.25, -0.2) is 0 Å². The molecule has 2 heterocycles. The van der Waals surface area contributed by atoms with Crippen LogP contribution >= 0.6 is 0 Å². The number of hydrogen-bond acceptors (Lipinski definition) is 7. The molecule has 2 fully saturated rings. The molecule has 2 aliphatic rings. The molecule has 4 N–H and O–H groups in total. The van der Waals surface area contributed by atoms with Crippen molar-refractivity contribution in [2.45, 2.75) is 12.1 Å². The van der Waals surface area contributed by atoms with Crippen LogP contribution in [0.2, 0.25) is 0 Å². The van der Waals surface area contributed by atoms with Crippen LogP contribution in [0.1, 0.15) is 0 Å². The van der Waals surface area contributed by atoms with Crippen molar-refractivity contribution in [1.82, 2.24) is 9.80 Å². The fourth-order valence-electron chi connectivity index (χ4n) is 2.89. The second kappa shape index (κ2) is 8.02. The van der Waals surface area contributed by atoms with Crippen LogP contribution in [0, 0.1) is 0 Å². The first-order chi connectivity index (χ1) is 9.77. The van der Waals surface area contributed by atoms with Gasteiger partial charge in [-0.2, -0.15) is 0 Å². The largest absolute Gasteiger partial charge is 0.379 e. The maximum Gasteiger partial charge on any atom is 0.169 e. The molecule has 7 nitrogen and oxygen atoms in total. The van der Waals surface area contributed by atoms with Gasteiger partial charge in [-0.3, -0.25) is 14.6 Å². The smallest absolute Gasteiger partial charge is 0.169 e. The van der Waals surface area contributed by atoms with E-state index >= 15 is 0 Å². The summed E-state index contributed by atoms with van der Waals surface area (Å²) < 4.78 is 10.7. The summed E-state index contributed by atoms with van der Waals surface area (Å²) in [5.74, 6) is 0.138. The van der Waals surface area contributed by atoms with Crippen molar-refractivity contribution in [1.29, 1.82) is 0 Å². The highest BCUT2D eigenvalue weighted by molar-refractivity contribution is 5.89. The molecule has 0 aromatic heterocycles. The molecule has 2 unspecified atom stereocenters. The highest BCUT2D eigenvalue weighted by Crippen LogP contribution is 2.11. The number of carbonyl (C=O) groups is 1. The lowest BCUT2D eigenvalue weighted by Crippen LogP contribution is -2.59. The third-order valence-corrected chi connectivity index (χ3v) is 4.08. The second-order valence-electron chi connectivity index (χ2n) is 5.20. The number of Topliss-reactive ketones (excluding diaryl/α,β-unsaturated/α-hetero) is 1. The van der Waals surface area contributed by atoms with Crippen molar-refractivity contribution in [3.63, 3.8) is 0 Å². The van der Waals surface area contributed by atoms with Crippen LogP contribution in [0.4, 0.5) is 0 Å². The Morgan fingerprint density at radius 3 is 1.50 bits per heavy atom. The maximum atomic E-state index is 12.8. The van der Waals surface area contributed by atoms with E-state index in [9.17, 15) is 4.79 Å². The normalized spacial score (nSPS) is 25.3. The number of hydrogen-bond donors (Lipinski definition) is 2. The molecule has 0 saturated carbocycles. The summed E-state index contributed by atoms with van der Waals surface area (Å²) in [5.41, 5.74) is 11.7. The van der Waals surface area contributed by atoms with Gasteiger partial charge in [-0.05, 0) is 0 Å². The van der Waals surface area contributed by atoms with Gasteiger partial charge < -0.3 is 20.9 Å². The predicted octanol–water partition coefficient (Wildman–Crippen LogP) is -2.13. The molecule has 0 spiro atoms. The van der Waals surface area contributed by atoms with Gasteiger partial charge >= 0.3 is 0 Å². The fraction of sp³-hybridized carbons (Fsp3) is 0.923. The molecule has 116 valence electrons. The third kappa shape index (κ3) is 3.75. The predicted molar refractivity (Wildman–Crippen MR) is 75.5 cm³/mol. The first-order valence-corrected chi connectivity index (χ1v) is 7.35. The van der Waals surface area contributed by atoms with Crippen molar-refractivity contribution >= 4 is 5.78 Å². The number of rotatable bonds is 6. The lowest BCUT2D eigenvalue weighted by Gasteiger charge is -2.38. The topological polar surface area (TPSA) is 94.0 Å². The van der Waals surface area contributed by atoms with Crippen LogP contribution in [0.15, 0.2) is 0 Å². The molecule has 0 amide bonds. The van der Waals surface area contributed by atoms with Gasteiger partial charge in [0.05, 0.1) is 38.5 Å². The lowest BCUT2D eigenvalue weighted by atomic mass is 10.0. The summed E-state index contributed by atoms with van der Waals surface area (Å²) in [7, 11) is 0. The van der Waals surface area contributed by atoms with Crippen molar-refractivity contribution in [3.05, 3.63) is 0 Å². The standard InChI is InChI=1S/C13H26N4O3/c14-9-11(16-1-5-19-6-2-16)13(18)12(10-15)17-3-7-20-8-4-17/h11-12H,1-10,14-15H2. The average Bonchev–Trinajstić information content (AvgIpc) is 2.51. The van der Waals surface area contributed by atoms with E-state index in [1.54, 1.807) is 0 Å². The Morgan fingerprint density at radius 2 is 1.20 bits per heavy atom. The van der Waals surface area contributed by atoms with Crippen LogP contribution in [0.5, 0.6) is 0 Å². The van der Waals surface area contributed by atoms with Crippen LogP contribution in [-0.2, 0) is 14.3 Å². The zero-order valence-corrected chi connectivity index (χ0v) is 12.0. The van der Waals surface area contributed by atoms with Crippen LogP contribution in [-0.4, -0.2) is 93.4 Å². The molecule has 20 heavy (non-hydrogen) atoms. The van der Waals surface area contributed by atoms with Gasteiger partial charge in [0, 0.05) is 39.3 Å². The van der Waals surface area contributed by atoms with Crippen LogP contribution in [0.3, 0.4) is 0 Å². The van der Waals surface area contributed by atoms with Gasteiger partial charge in [0.2, 0.25) is 0 Å². The van der Waals surface area contributed by atoms with Crippen molar-refractivity contribution in [2.75, 3.05) is 65.7 Å². The summed E-state index contributed by atoms with van der Waals surface area (Å²) in [6, 6.07) is -0.509. The van der Waals surface area contributed by atoms with Gasteiger partial charge in [-0.1, -0.05) is 0 Å². The SMILES string of the molecule is NCC(C(=O)C(CN)N1CCOCC1)N1CCOCC1. The molecule has 0 aromatic rings. The minimum Gasteiger partial charge on any atom is -0.379 e. The molecule has 0 radical (unpaired) electrons. The molecule has 7 heteroatoms. The quantitative estimate of drug-likeness (QED) is 0.576. The molecule has 2 aliphatic heterocycles. The van der Waals surface area contributed by atoms with E-state index < -0.39 is 0 Å². The number of ketones is 1. The van der Waals surface area contributed by atoms with E-state index in [1.165, 1.54) is 0 Å². The molecule has 0 bridgehead atoms. The van der Waals surface area contributed by atoms with E-state index in [0.717, 1.165) is 26.2 Å². The fourth-order valence-corrected chi connectivity index (χ4v) is 2.89. The van der Waals surface area contributed by atoms with Gasteiger partial charge in [-0.15, -0.1) is 0 Å². The Hall–Kier alpha value is -0.570. The van der Waals surface area contributed by atoms with E-state index in [1.807, 2.05) is 0 Å². The van der Waals surface area contributed by atoms with Gasteiger partial charge in [0.1, 0.15) is 0 Å². The average molecular weight is 286 g/mol. The van der Waals surface area contributed by atoms with Crippen LogP contribution < -0.4 is 11.5 Å². The van der Waals surface area contributed by atoms with Gasteiger partial charge in [0.15, 0.2) is 5.78 Å². The first-order valence-electron chi connectivity index (χ1n) is 7.35. The van der Waals surface area contributed by atoms with E-state index in [4.69, 9.17) is 20.9 Å². The second-order valence-corrected chi connectivity index (χ2v) is 5.20. The van der Waals surface area contributed by atoms with E-state index in [-0.39, 0.29) is 17.9 Å². The maximum absolute atomic E-state index is 12.8. The number of nitrogens with two attached hydrogens (primary N) is 2. The first kappa shape index (κ1) is 15.8. The van der Waals surface area contributed by atoms with Crippen LogP contribution in [0.25, 0.3) is 0 Å². The van der Waals surface area contributed by atoms with Crippen molar-refractivity contribution < 1.29 is 14.3 Å². The molecule has 2 atom stereocenters. The monoisotopic (exact) mass is 286 g/mol. The van der Waals surface area contributed by atoms with E-state index in [0.29, 0.717) is 39.5 Å². The van der Waals surface area contributed by atoms with Crippen molar-refractivity contribution in [2.24, 2.45) is 11.5 Å². The minimum absolute atomic E-state index is 0.138. The summed E-state index contributed by atoms with van der Waals surface area (Å²) >= 11 is 0. The molecule has 2 saturated heterocycles. The number of morpholine rings is 2. The number of nitrogens with zero attached hydrogens (tertiary/aromatic N) is 2. The minimum atomic E-state index is -0.254. The van der Waals surface area contributed by atoms with E-state index in [2.05, 4.69) is 9.80 Å². The summed E-state index contributed by atoms with van der Waals surface area (Å²) in [6.07, 6.45) is 0. The Morgan fingerprint density at radius 1 is 0.850 bits per heavy atom. The third-order valence-electron chi connectivity index (χ3n) is 4.08. The molecular formula is C13H26N4O3. The highest BCUT2D eigenvalue weighted by atomic mass is 16.5. The zero-order valence-electron chi connectivity index (χ0n) is 12.0. The summed E-state index contributed by atoms with van der Waals surface area (Å²) in [5, 5.41) is 0. The molecular weight excluding hydrogens is 260 g/mol. The molecule has 0 aliphatic carbocycles. The zero-order chi connectivity index (χ0) is 14.4.